The highest BCUT2D eigenvalue weighted by Crippen LogP contribution is 2.30. The Balaban J connectivity index is 1.95. The van der Waals surface area contributed by atoms with Crippen LogP contribution in [-0.2, 0) is 14.8 Å². The van der Waals surface area contributed by atoms with Gasteiger partial charge in [-0.15, -0.1) is 0 Å². The van der Waals surface area contributed by atoms with Crippen LogP contribution in [0.3, 0.4) is 0 Å². The molecule has 1 amide bonds. The average Bonchev–Trinajstić information content (AvgIpc) is 2.70. The molecule has 0 radical (unpaired) electrons. The summed E-state index contributed by atoms with van der Waals surface area (Å²) in [5.41, 5.74) is 3.92. The molecule has 0 aliphatic rings. The molecule has 0 bridgehead atoms. The van der Waals surface area contributed by atoms with E-state index in [4.69, 9.17) is 11.6 Å². The van der Waals surface area contributed by atoms with Gasteiger partial charge in [0.05, 0.1) is 15.6 Å². The highest BCUT2D eigenvalue weighted by Gasteiger charge is 2.28. The van der Waals surface area contributed by atoms with Gasteiger partial charge in [-0.3, -0.25) is 9.10 Å². The van der Waals surface area contributed by atoms with Crippen LogP contribution < -0.4 is 9.62 Å². The smallest absolute Gasteiger partial charge is 0.264 e. The molecule has 156 valence electrons. The number of anilines is 2. The predicted octanol–water partition coefficient (Wildman–Crippen LogP) is 5.10. The maximum Gasteiger partial charge on any atom is 0.264 e. The second-order valence-electron chi connectivity index (χ2n) is 7.12. The molecule has 3 rings (SSSR count). The molecule has 0 spiro atoms. The molecule has 0 saturated carbocycles. The lowest BCUT2D eigenvalue weighted by Crippen LogP contribution is -2.38. The van der Waals surface area contributed by atoms with Crippen LogP contribution in [0.15, 0.2) is 71.6 Å². The normalized spacial score (nSPS) is 11.2. The summed E-state index contributed by atoms with van der Waals surface area (Å²) in [5, 5.41) is 3.02. The average molecular weight is 443 g/mol. The van der Waals surface area contributed by atoms with Gasteiger partial charge in [-0.05, 0) is 68.3 Å². The Morgan fingerprint density at radius 3 is 2.23 bits per heavy atom. The fourth-order valence-corrected chi connectivity index (χ4v) is 4.67. The minimum atomic E-state index is -4.01. The Morgan fingerprint density at radius 2 is 1.60 bits per heavy atom. The third kappa shape index (κ3) is 4.83. The Hall–Kier alpha value is -2.83. The van der Waals surface area contributed by atoms with Crippen molar-refractivity contribution in [3.63, 3.8) is 0 Å². The maximum absolute atomic E-state index is 13.4. The van der Waals surface area contributed by atoms with Crippen LogP contribution in [0.4, 0.5) is 11.4 Å². The molecule has 1 N–H and O–H groups in total. The zero-order chi connectivity index (χ0) is 21.9. The first-order valence-electron chi connectivity index (χ1n) is 9.39. The number of nitrogens with one attached hydrogen (secondary N) is 1. The summed E-state index contributed by atoms with van der Waals surface area (Å²) in [6.45, 7) is 5.39. The molecule has 0 aromatic heterocycles. The molecule has 5 nitrogen and oxygen atoms in total. The number of benzene rings is 3. The first-order chi connectivity index (χ1) is 14.2. The summed E-state index contributed by atoms with van der Waals surface area (Å²) in [5.74, 6) is -0.464. The fraction of sp³-hybridized carbons (Fsp3) is 0.174. The van der Waals surface area contributed by atoms with E-state index < -0.39 is 22.5 Å². The lowest BCUT2D eigenvalue weighted by Gasteiger charge is -2.25. The molecule has 0 unspecified atom stereocenters. The Morgan fingerprint density at radius 1 is 0.933 bits per heavy atom. The van der Waals surface area contributed by atoms with Crippen molar-refractivity contribution in [1.82, 2.24) is 0 Å². The second kappa shape index (κ2) is 8.90. The quantitative estimate of drug-likeness (QED) is 0.577. The summed E-state index contributed by atoms with van der Waals surface area (Å²) < 4.78 is 27.8. The van der Waals surface area contributed by atoms with Crippen LogP contribution in [0.25, 0.3) is 0 Å². The van der Waals surface area contributed by atoms with Gasteiger partial charge in [0, 0.05) is 5.69 Å². The first kappa shape index (κ1) is 21.9. The van der Waals surface area contributed by atoms with Crippen molar-refractivity contribution < 1.29 is 13.2 Å². The van der Waals surface area contributed by atoms with Crippen LogP contribution >= 0.6 is 11.6 Å². The van der Waals surface area contributed by atoms with Gasteiger partial charge in [0.15, 0.2) is 0 Å². The highest BCUT2D eigenvalue weighted by molar-refractivity contribution is 7.92. The van der Waals surface area contributed by atoms with E-state index in [2.05, 4.69) is 5.32 Å². The van der Waals surface area contributed by atoms with Gasteiger partial charge in [-0.25, -0.2) is 8.42 Å². The van der Waals surface area contributed by atoms with Gasteiger partial charge >= 0.3 is 0 Å². The van der Waals surface area contributed by atoms with Crippen molar-refractivity contribution in [1.29, 1.82) is 0 Å². The first-order valence-corrected chi connectivity index (χ1v) is 11.2. The number of amides is 1. The maximum atomic E-state index is 13.4. The number of para-hydroxylation sites is 1. The largest absolute Gasteiger partial charge is 0.325 e. The lowest BCUT2D eigenvalue weighted by molar-refractivity contribution is -0.114. The Kier molecular flexibility index (Phi) is 6.48. The van der Waals surface area contributed by atoms with Gasteiger partial charge in [-0.2, -0.15) is 0 Å². The molecular weight excluding hydrogens is 420 g/mol. The van der Waals surface area contributed by atoms with Crippen LogP contribution in [0, 0.1) is 20.8 Å². The Bertz CT molecular complexity index is 1180. The molecule has 0 fully saturated rings. The van der Waals surface area contributed by atoms with E-state index >= 15 is 0 Å². The minimum Gasteiger partial charge on any atom is -0.325 e. The van der Waals surface area contributed by atoms with Crippen molar-refractivity contribution in [3.05, 3.63) is 88.4 Å². The minimum absolute atomic E-state index is 0.0898. The molecule has 0 atom stereocenters. The van der Waals surface area contributed by atoms with Gasteiger partial charge in [0.25, 0.3) is 10.0 Å². The third-order valence-corrected chi connectivity index (χ3v) is 6.90. The number of hydrogen-bond donors (Lipinski definition) is 1. The number of nitrogens with zero attached hydrogens (tertiary/aromatic N) is 1. The summed E-state index contributed by atoms with van der Waals surface area (Å²) in [6, 6.07) is 18.6. The monoisotopic (exact) mass is 442 g/mol. The van der Waals surface area contributed by atoms with Gasteiger partial charge in [0.2, 0.25) is 5.91 Å². The van der Waals surface area contributed by atoms with Crippen molar-refractivity contribution in [2.75, 3.05) is 16.2 Å². The predicted molar refractivity (Wildman–Crippen MR) is 122 cm³/mol. The standard InChI is InChI=1S/C23H23ClN2O3S/c1-16-8-12-20(13-9-16)30(28,29)26(22-7-5-4-6-21(22)24)15-23(27)25-19-11-10-17(2)18(3)14-19/h4-14H,15H2,1-3H3,(H,25,27). The fourth-order valence-electron chi connectivity index (χ4n) is 2.94. The summed E-state index contributed by atoms with van der Waals surface area (Å²) in [4.78, 5) is 12.9. The van der Waals surface area contributed by atoms with Gasteiger partial charge < -0.3 is 5.32 Å². The van der Waals surface area contributed by atoms with Crippen LogP contribution in [0.2, 0.25) is 5.02 Å². The Labute approximate surface area is 182 Å². The molecule has 0 heterocycles. The molecule has 0 saturated heterocycles. The molecule has 0 aliphatic heterocycles. The summed E-state index contributed by atoms with van der Waals surface area (Å²) in [6.07, 6.45) is 0. The molecule has 3 aromatic carbocycles. The van der Waals surface area contributed by atoms with Crippen molar-refractivity contribution in [2.24, 2.45) is 0 Å². The van der Waals surface area contributed by atoms with Crippen molar-refractivity contribution in [3.8, 4) is 0 Å². The van der Waals surface area contributed by atoms with E-state index in [1.807, 2.05) is 32.9 Å². The molecular formula is C23H23ClN2O3S. The topological polar surface area (TPSA) is 66.5 Å². The second-order valence-corrected chi connectivity index (χ2v) is 9.39. The number of carbonyl (C=O) groups is 1. The van der Waals surface area contributed by atoms with E-state index in [9.17, 15) is 13.2 Å². The zero-order valence-corrected chi connectivity index (χ0v) is 18.6. The number of sulfonamides is 1. The zero-order valence-electron chi connectivity index (χ0n) is 17.0. The van der Waals surface area contributed by atoms with Crippen molar-refractivity contribution >= 4 is 38.9 Å². The molecule has 0 aliphatic carbocycles. The number of hydrogen-bond acceptors (Lipinski definition) is 3. The van der Waals surface area contributed by atoms with Crippen LogP contribution in [-0.4, -0.2) is 20.9 Å². The SMILES string of the molecule is Cc1ccc(S(=O)(=O)N(CC(=O)Nc2ccc(C)c(C)c2)c2ccccc2Cl)cc1. The molecule has 30 heavy (non-hydrogen) atoms. The summed E-state index contributed by atoms with van der Waals surface area (Å²) >= 11 is 6.28. The number of halogens is 1. The van der Waals surface area contributed by atoms with Gasteiger partial charge in [0.1, 0.15) is 6.54 Å². The number of rotatable bonds is 6. The van der Waals surface area contributed by atoms with E-state index in [0.29, 0.717) is 5.69 Å². The van der Waals surface area contributed by atoms with E-state index in [0.717, 1.165) is 21.0 Å². The van der Waals surface area contributed by atoms with E-state index in [1.165, 1.54) is 12.1 Å². The lowest BCUT2D eigenvalue weighted by atomic mass is 10.1. The third-order valence-electron chi connectivity index (χ3n) is 4.81. The number of aryl methyl sites for hydroxylation is 3. The molecule has 3 aromatic rings. The van der Waals surface area contributed by atoms with E-state index in [1.54, 1.807) is 42.5 Å². The van der Waals surface area contributed by atoms with Crippen molar-refractivity contribution in [2.45, 2.75) is 25.7 Å². The highest BCUT2D eigenvalue weighted by atomic mass is 35.5. The van der Waals surface area contributed by atoms with Gasteiger partial charge in [-0.1, -0.05) is 47.5 Å². The van der Waals surface area contributed by atoms with Crippen LogP contribution in [0.5, 0.6) is 0 Å². The van der Waals surface area contributed by atoms with E-state index in [-0.39, 0.29) is 15.6 Å². The van der Waals surface area contributed by atoms with Crippen LogP contribution in [0.1, 0.15) is 16.7 Å². The molecule has 7 heteroatoms. The summed E-state index contributed by atoms with van der Waals surface area (Å²) in [7, 11) is -4.01. The number of carbonyl (C=O) groups excluding carboxylic acids is 1.